The fourth-order valence-corrected chi connectivity index (χ4v) is 7.08. The Hall–Kier alpha value is -4.24. The molecule has 7 rings (SSSR count). The molecule has 4 unspecified atom stereocenters. The molecule has 1 heterocycles. The van der Waals surface area contributed by atoms with Crippen molar-refractivity contribution in [2.24, 2.45) is 23.7 Å². The van der Waals surface area contributed by atoms with Gasteiger partial charge in [-0.05, 0) is 52.6 Å². The smallest absolute Gasteiger partial charge is 0.238 e. The molecule has 2 amide bonds. The van der Waals surface area contributed by atoms with Gasteiger partial charge in [-0.1, -0.05) is 115 Å². The molecular weight excluding hydrogens is 454 g/mol. The Morgan fingerprint density at radius 1 is 0.514 bits per heavy atom. The van der Waals surface area contributed by atoms with Crippen LogP contribution >= 0.6 is 0 Å². The van der Waals surface area contributed by atoms with Gasteiger partial charge >= 0.3 is 0 Å². The van der Waals surface area contributed by atoms with E-state index in [0.717, 1.165) is 28.7 Å². The maximum atomic E-state index is 13.4. The van der Waals surface area contributed by atoms with E-state index < -0.39 is 5.41 Å². The van der Waals surface area contributed by atoms with Gasteiger partial charge in [0.05, 0.1) is 22.9 Å². The Kier molecular flexibility index (Phi) is 5.00. The average Bonchev–Trinajstić information content (AvgIpc) is 3.65. The summed E-state index contributed by atoms with van der Waals surface area (Å²) in [5.74, 6) is -0.0613. The minimum Gasteiger partial charge on any atom is -0.274 e. The first-order valence-electron chi connectivity index (χ1n) is 13.0. The quantitative estimate of drug-likeness (QED) is 0.188. The van der Waals surface area contributed by atoms with E-state index in [2.05, 4.69) is 97.1 Å². The summed E-state index contributed by atoms with van der Waals surface area (Å²) in [6.45, 7) is 0. The number of imide groups is 1. The monoisotopic (exact) mass is 481 g/mol. The van der Waals surface area contributed by atoms with Gasteiger partial charge < -0.3 is 0 Å². The fourth-order valence-electron chi connectivity index (χ4n) is 7.08. The maximum absolute atomic E-state index is 13.4. The van der Waals surface area contributed by atoms with E-state index in [-0.39, 0.29) is 35.5 Å². The number of benzene rings is 4. The zero-order chi connectivity index (χ0) is 25.0. The van der Waals surface area contributed by atoms with Crippen molar-refractivity contribution in [2.75, 3.05) is 4.90 Å². The number of hydrogen-bond donors (Lipinski definition) is 0. The first-order valence-corrected chi connectivity index (χ1v) is 13.0. The summed E-state index contributed by atoms with van der Waals surface area (Å²) < 4.78 is 0. The van der Waals surface area contributed by atoms with Crippen molar-refractivity contribution >= 4 is 17.5 Å². The summed E-state index contributed by atoms with van der Waals surface area (Å²) in [5, 5.41) is 0. The topological polar surface area (TPSA) is 37.4 Å². The number of nitrogens with zero attached hydrogens (tertiary/aromatic N) is 1. The van der Waals surface area contributed by atoms with Gasteiger partial charge in [0.1, 0.15) is 0 Å². The van der Waals surface area contributed by atoms with Crippen LogP contribution in [0.1, 0.15) is 28.7 Å². The lowest BCUT2D eigenvalue weighted by molar-refractivity contribution is -0.123. The molecule has 1 saturated heterocycles. The molecule has 2 bridgehead atoms. The lowest BCUT2D eigenvalue weighted by Crippen LogP contribution is -2.33. The van der Waals surface area contributed by atoms with Crippen LogP contribution in [0, 0.1) is 23.7 Å². The summed E-state index contributed by atoms with van der Waals surface area (Å²) in [5.41, 5.74) is 4.67. The van der Waals surface area contributed by atoms with Crippen molar-refractivity contribution in [3.63, 3.8) is 0 Å². The zero-order valence-electron chi connectivity index (χ0n) is 20.4. The molecule has 3 heteroatoms. The Labute approximate surface area is 217 Å². The standard InChI is InChI=1S/C34H27NO2/c36-32-30-23-16-17-24(22-23)31(30)33(37)35(32)29-20-18-28(19-21-29)34(25-10-4-1-5-11-25,26-12-6-2-7-13-26)27-14-8-3-9-15-27/h1-21,23-24,30-31H,22H2. The summed E-state index contributed by atoms with van der Waals surface area (Å²) in [4.78, 5) is 28.3. The normalized spacial score (nSPS) is 24.1. The van der Waals surface area contributed by atoms with Crippen LogP contribution in [0.4, 0.5) is 5.69 Å². The largest absolute Gasteiger partial charge is 0.274 e. The molecule has 2 aliphatic carbocycles. The van der Waals surface area contributed by atoms with Gasteiger partial charge in [-0.3, -0.25) is 14.5 Å². The third-order valence-corrected chi connectivity index (χ3v) is 8.65. The Bertz CT molecular complexity index is 1370. The van der Waals surface area contributed by atoms with E-state index >= 15 is 0 Å². The molecule has 0 spiro atoms. The van der Waals surface area contributed by atoms with Crippen LogP contribution in [-0.2, 0) is 15.0 Å². The molecule has 0 N–H and O–H groups in total. The molecule has 2 fully saturated rings. The maximum Gasteiger partial charge on any atom is 0.238 e. The molecular formula is C34H27NO2. The van der Waals surface area contributed by atoms with E-state index in [4.69, 9.17) is 0 Å². The van der Waals surface area contributed by atoms with Crippen LogP contribution in [0.25, 0.3) is 0 Å². The Balaban J connectivity index is 1.37. The highest BCUT2D eigenvalue weighted by atomic mass is 16.2. The predicted octanol–water partition coefficient (Wildman–Crippen LogP) is 6.38. The van der Waals surface area contributed by atoms with Crippen LogP contribution in [0.3, 0.4) is 0 Å². The highest BCUT2D eigenvalue weighted by Crippen LogP contribution is 2.53. The van der Waals surface area contributed by atoms with Gasteiger partial charge in [0.25, 0.3) is 0 Å². The van der Waals surface area contributed by atoms with E-state index in [1.165, 1.54) is 4.90 Å². The van der Waals surface area contributed by atoms with Crippen molar-refractivity contribution in [3.05, 3.63) is 150 Å². The van der Waals surface area contributed by atoms with Crippen molar-refractivity contribution in [3.8, 4) is 0 Å². The summed E-state index contributed by atoms with van der Waals surface area (Å²) >= 11 is 0. The van der Waals surface area contributed by atoms with Crippen LogP contribution < -0.4 is 4.90 Å². The molecule has 0 aromatic heterocycles. The summed E-state index contributed by atoms with van der Waals surface area (Å²) in [6.07, 6.45) is 5.21. The van der Waals surface area contributed by atoms with Gasteiger partial charge in [-0.2, -0.15) is 0 Å². The average molecular weight is 482 g/mol. The van der Waals surface area contributed by atoms with Gasteiger partial charge in [-0.25, -0.2) is 0 Å². The highest BCUT2D eigenvalue weighted by molar-refractivity contribution is 6.22. The molecule has 4 aromatic rings. The van der Waals surface area contributed by atoms with E-state index in [1.807, 2.05) is 30.3 Å². The first kappa shape index (κ1) is 22.0. The molecule has 4 aromatic carbocycles. The second kappa shape index (κ2) is 8.41. The number of anilines is 1. The fraction of sp³-hybridized carbons (Fsp3) is 0.176. The lowest BCUT2D eigenvalue weighted by Gasteiger charge is -2.37. The van der Waals surface area contributed by atoms with Gasteiger partial charge in [0, 0.05) is 0 Å². The van der Waals surface area contributed by atoms with Crippen LogP contribution in [0.2, 0.25) is 0 Å². The molecule has 1 saturated carbocycles. The van der Waals surface area contributed by atoms with Crippen molar-refractivity contribution in [2.45, 2.75) is 11.8 Å². The molecule has 3 nitrogen and oxygen atoms in total. The van der Waals surface area contributed by atoms with E-state index in [1.54, 1.807) is 0 Å². The van der Waals surface area contributed by atoms with E-state index in [9.17, 15) is 9.59 Å². The predicted molar refractivity (Wildman–Crippen MR) is 145 cm³/mol. The third kappa shape index (κ3) is 3.13. The molecule has 0 radical (unpaired) electrons. The second-order valence-electron chi connectivity index (χ2n) is 10.4. The number of allylic oxidation sites excluding steroid dienone is 2. The van der Waals surface area contributed by atoms with Gasteiger partial charge in [-0.15, -0.1) is 0 Å². The molecule has 1 aliphatic heterocycles. The van der Waals surface area contributed by atoms with Crippen LogP contribution in [0.5, 0.6) is 0 Å². The number of amides is 2. The third-order valence-electron chi connectivity index (χ3n) is 8.65. The van der Waals surface area contributed by atoms with E-state index in [0.29, 0.717) is 5.69 Å². The molecule has 4 atom stereocenters. The summed E-state index contributed by atoms with van der Waals surface area (Å²) in [7, 11) is 0. The van der Waals surface area contributed by atoms with Crippen molar-refractivity contribution in [1.29, 1.82) is 0 Å². The van der Waals surface area contributed by atoms with Gasteiger partial charge in [0.15, 0.2) is 0 Å². The molecule has 3 aliphatic rings. The summed E-state index contributed by atoms with van der Waals surface area (Å²) in [6, 6.07) is 39.7. The van der Waals surface area contributed by atoms with Crippen molar-refractivity contribution < 1.29 is 9.59 Å². The first-order chi connectivity index (χ1) is 18.2. The SMILES string of the molecule is O=C1C2C3C=CC(C3)C2C(=O)N1c1ccc(C(c2ccccc2)(c2ccccc2)c2ccccc2)cc1. The Morgan fingerprint density at radius 3 is 1.30 bits per heavy atom. The number of hydrogen-bond acceptors (Lipinski definition) is 2. The number of rotatable bonds is 5. The van der Waals surface area contributed by atoms with Crippen LogP contribution in [0.15, 0.2) is 127 Å². The minimum absolute atomic E-state index is 0.0416. The Morgan fingerprint density at radius 2 is 0.892 bits per heavy atom. The highest BCUT2D eigenvalue weighted by Gasteiger charge is 2.59. The number of carbonyl (C=O) groups is 2. The molecule has 37 heavy (non-hydrogen) atoms. The van der Waals surface area contributed by atoms with Gasteiger partial charge in [0.2, 0.25) is 11.8 Å². The number of fused-ring (bicyclic) bond motifs is 5. The minimum atomic E-state index is -0.555. The molecule has 180 valence electrons. The lowest BCUT2D eigenvalue weighted by atomic mass is 9.65. The number of carbonyl (C=O) groups excluding carboxylic acids is 2. The van der Waals surface area contributed by atoms with Crippen molar-refractivity contribution in [1.82, 2.24) is 0 Å². The zero-order valence-corrected chi connectivity index (χ0v) is 20.4. The van der Waals surface area contributed by atoms with Crippen LogP contribution in [-0.4, -0.2) is 11.8 Å². The second-order valence-corrected chi connectivity index (χ2v) is 10.4.